The quantitative estimate of drug-likeness (QED) is 0.901. The van der Waals surface area contributed by atoms with Gasteiger partial charge in [-0.15, -0.1) is 11.3 Å². The molecule has 0 aliphatic heterocycles. The predicted molar refractivity (Wildman–Crippen MR) is 82.8 cm³/mol. The van der Waals surface area contributed by atoms with E-state index in [9.17, 15) is 4.79 Å². The Labute approximate surface area is 123 Å². The minimum Gasteiger partial charge on any atom is -0.344 e. The summed E-state index contributed by atoms with van der Waals surface area (Å²) in [4.78, 5) is 13.5. The average Bonchev–Trinajstić information content (AvgIpc) is 2.88. The molecule has 0 unspecified atom stereocenters. The number of amides is 1. The highest BCUT2D eigenvalue weighted by Gasteiger charge is 2.28. The van der Waals surface area contributed by atoms with E-state index in [2.05, 4.69) is 48.0 Å². The van der Waals surface area contributed by atoms with Gasteiger partial charge in [-0.2, -0.15) is 0 Å². The minimum atomic E-state index is -0.0105. The second-order valence-corrected chi connectivity index (χ2v) is 6.47. The van der Waals surface area contributed by atoms with Crippen LogP contribution < -0.4 is 5.32 Å². The number of carbonyl (C=O) groups is 1. The van der Waals surface area contributed by atoms with Crippen LogP contribution in [0.4, 0.5) is 0 Å². The van der Waals surface area contributed by atoms with Crippen LogP contribution in [0.2, 0.25) is 0 Å². The maximum atomic E-state index is 12.3. The number of thiophene rings is 1. The Morgan fingerprint density at radius 3 is 2.55 bits per heavy atom. The summed E-state index contributed by atoms with van der Waals surface area (Å²) in [6.07, 6.45) is 3.26. The Morgan fingerprint density at radius 2 is 2.00 bits per heavy atom. The molecule has 1 aliphatic rings. The van der Waals surface area contributed by atoms with Crippen molar-refractivity contribution in [2.75, 3.05) is 0 Å². The molecule has 0 bridgehead atoms. The standard InChI is InChI=1S/C17H19NOS/c1-12-7-9-13(10-8-12)16(15-6-3-11-20-15)18-17(19)14-4-2-5-14/h3,6-11,14,16H,2,4-5H2,1H3,(H,18,19)/t16-/m1/s1. The fraction of sp³-hybridized carbons (Fsp3) is 0.353. The Bertz CT molecular complexity index is 570. The van der Waals surface area contributed by atoms with Crippen molar-refractivity contribution in [2.24, 2.45) is 5.92 Å². The number of benzene rings is 1. The highest BCUT2D eigenvalue weighted by atomic mass is 32.1. The molecule has 1 N–H and O–H groups in total. The first-order valence-corrected chi connectivity index (χ1v) is 8.02. The minimum absolute atomic E-state index is 0.0105. The molecule has 0 radical (unpaired) electrons. The summed E-state index contributed by atoms with van der Waals surface area (Å²) in [7, 11) is 0. The van der Waals surface area contributed by atoms with E-state index >= 15 is 0 Å². The molecular weight excluding hydrogens is 266 g/mol. The molecule has 1 aromatic heterocycles. The first-order valence-electron chi connectivity index (χ1n) is 7.14. The van der Waals surface area contributed by atoms with Crippen molar-refractivity contribution in [3.63, 3.8) is 0 Å². The van der Waals surface area contributed by atoms with Gasteiger partial charge in [0.05, 0.1) is 6.04 Å². The van der Waals surface area contributed by atoms with Crippen LogP contribution in [0.25, 0.3) is 0 Å². The van der Waals surface area contributed by atoms with Gasteiger partial charge >= 0.3 is 0 Å². The molecule has 0 saturated heterocycles. The van der Waals surface area contributed by atoms with E-state index in [4.69, 9.17) is 0 Å². The van der Waals surface area contributed by atoms with E-state index in [1.807, 2.05) is 6.07 Å². The third-order valence-corrected chi connectivity index (χ3v) is 4.94. The molecule has 1 heterocycles. The van der Waals surface area contributed by atoms with Gasteiger partial charge in [-0.25, -0.2) is 0 Å². The molecule has 3 heteroatoms. The lowest BCUT2D eigenvalue weighted by Crippen LogP contribution is -2.37. The lowest BCUT2D eigenvalue weighted by molar-refractivity contribution is -0.127. The van der Waals surface area contributed by atoms with Crippen LogP contribution in [0.3, 0.4) is 0 Å². The fourth-order valence-corrected chi connectivity index (χ4v) is 3.27. The zero-order valence-electron chi connectivity index (χ0n) is 11.6. The zero-order valence-corrected chi connectivity index (χ0v) is 12.5. The molecule has 1 fully saturated rings. The van der Waals surface area contributed by atoms with Crippen molar-refractivity contribution in [1.82, 2.24) is 5.32 Å². The van der Waals surface area contributed by atoms with Gasteiger partial charge in [0.25, 0.3) is 0 Å². The summed E-state index contributed by atoms with van der Waals surface area (Å²) in [5.74, 6) is 0.429. The Kier molecular flexibility index (Phi) is 3.88. The number of carbonyl (C=O) groups excluding carboxylic acids is 1. The van der Waals surface area contributed by atoms with Crippen LogP contribution >= 0.6 is 11.3 Å². The molecule has 1 aromatic carbocycles. The highest BCUT2D eigenvalue weighted by molar-refractivity contribution is 7.10. The van der Waals surface area contributed by atoms with Crippen molar-refractivity contribution in [1.29, 1.82) is 0 Å². The summed E-state index contributed by atoms with van der Waals surface area (Å²) in [5.41, 5.74) is 2.40. The molecule has 1 saturated carbocycles. The monoisotopic (exact) mass is 285 g/mol. The largest absolute Gasteiger partial charge is 0.344 e. The van der Waals surface area contributed by atoms with Crippen molar-refractivity contribution < 1.29 is 4.79 Å². The van der Waals surface area contributed by atoms with Crippen molar-refractivity contribution >= 4 is 17.2 Å². The molecule has 1 aliphatic carbocycles. The van der Waals surface area contributed by atoms with Crippen LogP contribution in [0.15, 0.2) is 41.8 Å². The van der Waals surface area contributed by atoms with Gasteiger partial charge in [0, 0.05) is 10.8 Å². The van der Waals surface area contributed by atoms with Crippen molar-refractivity contribution in [3.05, 3.63) is 57.8 Å². The summed E-state index contributed by atoms with van der Waals surface area (Å²) in [5, 5.41) is 5.29. The average molecular weight is 285 g/mol. The molecule has 2 nitrogen and oxygen atoms in total. The third-order valence-electron chi connectivity index (χ3n) is 4.00. The van der Waals surface area contributed by atoms with E-state index in [1.54, 1.807) is 11.3 Å². The third kappa shape index (κ3) is 2.78. The van der Waals surface area contributed by atoms with Crippen molar-refractivity contribution in [2.45, 2.75) is 32.2 Å². The van der Waals surface area contributed by atoms with E-state index in [1.165, 1.54) is 16.9 Å². The number of rotatable bonds is 4. The summed E-state index contributed by atoms with van der Waals surface area (Å²) < 4.78 is 0. The SMILES string of the molecule is Cc1ccc([C@@H](NC(=O)C2CCC2)c2cccs2)cc1. The second kappa shape index (κ2) is 5.80. The highest BCUT2D eigenvalue weighted by Crippen LogP contribution is 2.30. The molecule has 104 valence electrons. The molecule has 1 atom stereocenters. The Balaban J connectivity index is 1.84. The summed E-state index contributed by atoms with van der Waals surface area (Å²) in [6.45, 7) is 2.08. The van der Waals surface area contributed by atoms with Crippen LogP contribution in [0.1, 0.15) is 41.3 Å². The Morgan fingerprint density at radius 1 is 1.25 bits per heavy atom. The molecule has 2 aromatic rings. The zero-order chi connectivity index (χ0) is 13.9. The maximum absolute atomic E-state index is 12.3. The molecule has 1 amide bonds. The van der Waals surface area contributed by atoms with Gasteiger partial charge in [-0.1, -0.05) is 42.3 Å². The van der Waals surface area contributed by atoms with Gasteiger partial charge in [-0.3, -0.25) is 4.79 Å². The van der Waals surface area contributed by atoms with Gasteiger partial charge in [0.1, 0.15) is 0 Å². The fourth-order valence-electron chi connectivity index (χ4n) is 2.46. The van der Waals surface area contributed by atoms with Crippen molar-refractivity contribution in [3.8, 4) is 0 Å². The Hall–Kier alpha value is -1.61. The molecule has 20 heavy (non-hydrogen) atoms. The lowest BCUT2D eigenvalue weighted by atomic mass is 9.84. The van der Waals surface area contributed by atoms with Crippen LogP contribution in [-0.4, -0.2) is 5.91 Å². The second-order valence-electron chi connectivity index (χ2n) is 5.50. The maximum Gasteiger partial charge on any atom is 0.223 e. The van der Waals surface area contributed by atoms with Gasteiger partial charge in [0.15, 0.2) is 0 Å². The lowest BCUT2D eigenvalue weighted by Gasteiger charge is -2.27. The van der Waals surface area contributed by atoms with Crippen LogP contribution in [0.5, 0.6) is 0 Å². The van der Waals surface area contributed by atoms with Crippen LogP contribution in [-0.2, 0) is 4.79 Å². The van der Waals surface area contributed by atoms with E-state index in [-0.39, 0.29) is 17.9 Å². The predicted octanol–water partition coefficient (Wildman–Crippen LogP) is 4.06. The summed E-state index contributed by atoms with van der Waals surface area (Å²) in [6, 6.07) is 12.6. The first-order chi connectivity index (χ1) is 9.74. The molecular formula is C17H19NOS. The smallest absolute Gasteiger partial charge is 0.223 e. The molecule has 3 rings (SSSR count). The summed E-state index contributed by atoms with van der Waals surface area (Å²) >= 11 is 1.69. The normalized spacial score (nSPS) is 16.4. The van der Waals surface area contributed by atoms with Gasteiger partial charge in [0.2, 0.25) is 5.91 Å². The van der Waals surface area contributed by atoms with Gasteiger partial charge < -0.3 is 5.32 Å². The van der Waals surface area contributed by atoms with Crippen LogP contribution in [0, 0.1) is 12.8 Å². The number of hydrogen-bond acceptors (Lipinski definition) is 2. The van der Waals surface area contributed by atoms with Gasteiger partial charge in [-0.05, 0) is 36.8 Å². The molecule has 0 spiro atoms. The first kappa shape index (κ1) is 13.4. The van der Waals surface area contributed by atoms with E-state index in [0.717, 1.165) is 18.4 Å². The number of nitrogens with one attached hydrogen (secondary N) is 1. The number of hydrogen-bond donors (Lipinski definition) is 1. The van der Waals surface area contributed by atoms with E-state index in [0.29, 0.717) is 0 Å². The number of aryl methyl sites for hydroxylation is 1. The topological polar surface area (TPSA) is 29.1 Å². The van der Waals surface area contributed by atoms with E-state index < -0.39 is 0 Å².